The van der Waals surface area contributed by atoms with Crippen molar-refractivity contribution in [1.29, 1.82) is 0 Å². The smallest absolute Gasteiger partial charge is 0.239 e. The molecule has 2 N–H and O–H groups in total. The minimum absolute atomic E-state index is 0.0168. The lowest BCUT2D eigenvalue weighted by molar-refractivity contribution is -0.119. The summed E-state index contributed by atoms with van der Waals surface area (Å²) < 4.78 is 11.0. The van der Waals surface area contributed by atoms with Gasteiger partial charge in [0.05, 0.1) is 19.3 Å². The standard InChI is InChI=1S/C16H24N2O3/c1-2-9-20-14-7-5-13(6-8-14)17-12-16(19)18-11-15-4-3-10-21-15/h5-8,15,17H,2-4,9-12H2,1H3,(H,18,19). The van der Waals surface area contributed by atoms with Crippen LogP contribution in [0.2, 0.25) is 0 Å². The molecule has 1 amide bonds. The van der Waals surface area contributed by atoms with Crippen LogP contribution in [0.15, 0.2) is 24.3 Å². The molecule has 1 saturated heterocycles. The molecule has 1 atom stereocenters. The second-order valence-electron chi connectivity index (χ2n) is 5.17. The molecule has 1 unspecified atom stereocenters. The fourth-order valence-corrected chi connectivity index (χ4v) is 2.17. The molecule has 116 valence electrons. The molecular formula is C16H24N2O3. The quantitative estimate of drug-likeness (QED) is 0.771. The fourth-order valence-electron chi connectivity index (χ4n) is 2.17. The van der Waals surface area contributed by atoms with Crippen LogP contribution in [0.25, 0.3) is 0 Å². The van der Waals surface area contributed by atoms with Gasteiger partial charge in [0.15, 0.2) is 0 Å². The Hall–Kier alpha value is -1.75. The first-order chi connectivity index (χ1) is 10.3. The van der Waals surface area contributed by atoms with Crippen molar-refractivity contribution in [2.24, 2.45) is 0 Å². The van der Waals surface area contributed by atoms with Crippen LogP contribution in [0.4, 0.5) is 5.69 Å². The summed E-state index contributed by atoms with van der Waals surface area (Å²) in [4.78, 5) is 11.7. The SMILES string of the molecule is CCCOc1ccc(NCC(=O)NCC2CCCO2)cc1. The van der Waals surface area contributed by atoms with E-state index >= 15 is 0 Å². The molecule has 0 saturated carbocycles. The lowest BCUT2D eigenvalue weighted by Gasteiger charge is -2.12. The number of hydrogen-bond donors (Lipinski definition) is 2. The van der Waals surface area contributed by atoms with E-state index in [-0.39, 0.29) is 18.6 Å². The first-order valence-corrected chi connectivity index (χ1v) is 7.63. The molecule has 1 aromatic carbocycles. The van der Waals surface area contributed by atoms with E-state index < -0.39 is 0 Å². The van der Waals surface area contributed by atoms with E-state index in [1.165, 1.54) is 0 Å². The van der Waals surface area contributed by atoms with Crippen LogP contribution in [0.3, 0.4) is 0 Å². The summed E-state index contributed by atoms with van der Waals surface area (Å²) in [6, 6.07) is 7.64. The zero-order valence-electron chi connectivity index (χ0n) is 12.6. The van der Waals surface area contributed by atoms with Gasteiger partial charge in [0, 0.05) is 18.8 Å². The highest BCUT2D eigenvalue weighted by Gasteiger charge is 2.15. The Bertz CT molecular complexity index is 428. The van der Waals surface area contributed by atoms with Crippen molar-refractivity contribution in [2.45, 2.75) is 32.3 Å². The summed E-state index contributed by atoms with van der Waals surface area (Å²) >= 11 is 0. The number of hydrogen-bond acceptors (Lipinski definition) is 4. The van der Waals surface area contributed by atoms with Crippen molar-refractivity contribution in [3.05, 3.63) is 24.3 Å². The third-order valence-electron chi connectivity index (χ3n) is 3.33. The fraction of sp³-hybridized carbons (Fsp3) is 0.562. The number of benzene rings is 1. The van der Waals surface area contributed by atoms with Crippen molar-refractivity contribution in [2.75, 3.05) is 31.6 Å². The normalized spacial score (nSPS) is 17.5. The van der Waals surface area contributed by atoms with Gasteiger partial charge in [0.2, 0.25) is 5.91 Å². The number of ether oxygens (including phenoxy) is 2. The lowest BCUT2D eigenvalue weighted by Crippen LogP contribution is -2.35. The summed E-state index contributed by atoms with van der Waals surface area (Å²) in [6.45, 7) is 4.47. The third-order valence-corrected chi connectivity index (χ3v) is 3.33. The Kier molecular flexibility index (Phi) is 6.34. The summed E-state index contributed by atoms with van der Waals surface area (Å²) in [5.41, 5.74) is 0.908. The van der Waals surface area contributed by atoms with Crippen LogP contribution in [0, 0.1) is 0 Å². The van der Waals surface area contributed by atoms with Crippen molar-refractivity contribution in [3.8, 4) is 5.75 Å². The number of carbonyl (C=O) groups is 1. The lowest BCUT2D eigenvalue weighted by atomic mass is 10.2. The van der Waals surface area contributed by atoms with E-state index in [4.69, 9.17) is 9.47 Å². The monoisotopic (exact) mass is 292 g/mol. The highest BCUT2D eigenvalue weighted by molar-refractivity contribution is 5.80. The van der Waals surface area contributed by atoms with Crippen LogP contribution < -0.4 is 15.4 Å². The van der Waals surface area contributed by atoms with Gasteiger partial charge in [-0.1, -0.05) is 6.92 Å². The van der Waals surface area contributed by atoms with Gasteiger partial charge in [-0.3, -0.25) is 4.79 Å². The zero-order chi connectivity index (χ0) is 14.9. The molecule has 2 rings (SSSR count). The highest BCUT2D eigenvalue weighted by Crippen LogP contribution is 2.15. The highest BCUT2D eigenvalue weighted by atomic mass is 16.5. The summed E-state index contributed by atoms with van der Waals surface area (Å²) in [5.74, 6) is 0.835. The van der Waals surface area contributed by atoms with Crippen LogP contribution >= 0.6 is 0 Å². The average molecular weight is 292 g/mol. The minimum atomic E-state index is -0.0168. The zero-order valence-corrected chi connectivity index (χ0v) is 12.6. The topological polar surface area (TPSA) is 59.6 Å². The van der Waals surface area contributed by atoms with Gasteiger partial charge < -0.3 is 20.1 Å². The van der Waals surface area contributed by atoms with Crippen LogP contribution in [-0.4, -0.2) is 38.3 Å². The summed E-state index contributed by atoms with van der Waals surface area (Å²) in [7, 11) is 0. The van der Waals surface area contributed by atoms with Gasteiger partial charge in [-0.2, -0.15) is 0 Å². The molecule has 21 heavy (non-hydrogen) atoms. The van der Waals surface area contributed by atoms with Crippen LogP contribution in [0.1, 0.15) is 26.2 Å². The van der Waals surface area contributed by atoms with Gasteiger partial charge in [-0.05, 0) is 43.5 Å². The van der Waals surface area contributed by atoms with Crippen LogP contribution in [-0.2, 0) is 9.53 Å². The second kappa shape index (κ2) is 8.52. The molecule has 1 aliphatic rings. The number of anilines is 1. The molecule has 0 radical (unpaired) electrons. The van der Waals surface area contributed by atoms with Crippen molar-refractivity contribution in [3.63, 3.8) is 0 Å². The van der Waals surface area contributed by atoms with E-state index in [9.17, 15) is 4.79 Å². The van der Waals surface area contributed by atoms with Crippen molar-refractivity contribution >= 4 is 11.6 Å². The summed E-state index contributed by atoms with van der Waals surface area (Å²) in [5, 5.41) is 5.98. The Balaban J connectivity index is 1.65. The number of nitrogens with one attached hydrogen (secondary N) is 2. The third kappa shape index (κ3) is 5.63. The Morgan fingerprint density at radius 1 is 1.38 bits per heavy atom. The molecule has 0 aromatic heterocycles. The van der Waals surface area contributed by atoms with Gasteiger partial charge >= 0.3 is 0 Å². The maximum Gasteiger partial charge on any atom is 0.239 e. The predicted molar refractivity (Wildman–Crippen MR) is 82.7 cm³/mol. The maximum atomic E-state index is 11.7. The van der Waals surface area contributed by atoms with E-state index in [0.717, 1.165) is 43.9 Å². The van der Waals surface area contributed by atoms with Crippen LogP contribution in [0.5, 0.6) is 5.75 Å². The molecule has 5 nitrogen and oxygen atoms in total. The first-order valence-electron chi connectivity index (χ1n) is 7.63. The molecule has 1 aliphatic heterocycles. The maximum absolute atomic E-state index is 11.7. The minimum Gasteiger partial charge on any atom is -0.494 e. The molecule has 1 fully saturated rings. The van der Waals surface area contributed by atoms with E-state index in [0.29, 0.717) is 6.54 Å². The van der Waals surface area contributed by atoms with E-state index in [1.807, 2.05) is 24.3 Å². The van der Waals surface area contributed by atoms with Gasteiger partial charge in [0.1, 0.15) is 5.75 Å². The number of carbonyl (C=O) groups excluding carboxylic acids is 1. The average Bonchev–Trinajstić information content (AvgIpc) is 3.03. The number of amides is 1. The van der Waals surface area contributed by atoms with Crippen molar-refractivity contribution in [1.82, 2.24) is 5.32 Å². The molecule has 0 spiro atoms. The molecule has 0 aliphatic carbocycles. The Morgan fingerprint density at radius 3 is 2.86 bits per heavy atom. The Morgan fingerprint density at radius 2 is 2.19 bits per heavy atom. The molecule has 1 heterocycles. The second-order valence-corrected chi connectivity index (χ2v) is 5.17. The van der Waals surface area contributed by atoms with Crippen molar-refractivity contribution < 1.29 is 14.3 Å². The molecule has 0 bridgehead atoms. The van der Waals surface area contributed by atoms with E-state index in [1.54, 1.807) is 0 Å². The van der Waals surface area contributed by atoms with Gasteiger partial charge in [-0.15, -0.1) is 0 Å². The largest absolute Gasteiger partial charge is 0.494 e. The van der Waals surface area contributed by atoms with Gasteiger partial charge in [0.25, 0.3) is 0 Å². The first kappa shape index (κ1) is 15.6. The molecule has 5 heteroatoms. The summed E-state index contributed by atoms with van der Waals surface area (Å²) in [6.07, 6.45) is 3.30. The molecular weight excluding hydrogens is 268 g/mol. The van der Waals surface area contributed by atoms with E-state index in [2.05, 4.69) is 17.6 Å². The van der Waals surface area contributed by atoms with Gasteiger partial charge in [-0.25, -0.2) is 0 Å². The Labute approximate surface area is 126 Å². The number of rotatable bonds is 8. The molecule has 1 aromatic rings. The predicted octanol–water partition coefficient (Wildman–Crippen LogP) is 2.18.